The van der Waals surface area contributed by atoms with E-state index < -0.39 is 26.6 Å². The van der Waals surface area contributed by atoms with Crippen molar-refractivity contribution in [2.24, 2.45) is 5.92 Å². The van der Waals surface area contributed by atoms with Gasteiger partial charge in [-0.15, -0.1) is 0 Å². The Morgan fingerprint density at radius 3 is 2.50 bits per heavy atom. The lowest BCUT2D eigenvalue weighted by Gasteiger charge is -2.09. The first-order valence-corrected chi connectivity index (χ1v) is 7.96. The fourth-order valence-electron chi connectivity index (χ4n) is 1.74. The second kappa shape index (κ2) is 6.99. The highest BCUT2D eigenvalue weighted by Gasteiger charge is 2.22. The van der Waals surface area contributed by atoms with Crippen LogP contribution in [0.25, 0.3) is 0 Å². The fourth-order valence-corrected chi connectivity index (χ4v) is 2.93. The minimum absolute atomic E-state index is 0.135. The number of rotatable bonds is 7. The first-order valence-electron chi connectivity index (χ1n) is 6.48. The van der Waals surface area contributed by atoms with Gasteiger partial charge in [0, 0.05) is 12.2 Å². The second-order valence-electron chi connectivity index (χ2n) is 5.10. The van der Waals surface area contributed by atoms with Crippen LogP contribution < -0.4 is 10.5 Å². The summed E-state index contributed by atoms with van der Waals surface area (Å²) in [5.74, 6) is -2.13. The molecule has 0 aliphatic heterocycles. The molecule has 1 aromatic carbocycles. The second-order valence-corrected chi connectivity index (χ2v) is 6.84. The highest BCUT2D eigenvalue weighted by atomic mass is 32.2. The Bertz CT molecular complexity index is 560. The molecule has 0 heterocycles. The summed E-state index contributed by atoms with van der Waals surface area (Å²) in [6, 6.07) is 1.66. The fraction of sp³-hybridized carbons (Fsp3) is 0.538. The van der Waals surface area contributed by atoms with E-state index in [9.17, 15) is 17.2 Å². The van der Waals surface area contributed by atoms with Gasteiger partial charge in [0.2, 0.25) is 10.0 Å². The summed E-state index contributed by atoms with van der Waals surface area (Å²) >= 11 is 0. The number of anilines is 1. The summed E-state index contributed by atoms with van der Waals surface area (Å²) in [6.45, 7) is 4.34. The molecular formula is C13H20F2N2O2S. The molecule has 4 nitrogen and oxygen atoms in total. The number of unbranched alkanes of at least 4 members (excludes halogenated alkanes) is 1. The third kappa shape index (κ3) is 4.72. The molecule has 114 valence electrons. The summed E-state index contributed by atoms with van der Waals surface area (Å²) in [4.78, 5) is -0.751. The molecule has 0 unspecified atom stereocenters. The minimum Gasteiger partial charge on any atom is -0.399 e. The monoisotopic (exact) mass is 306 g/mol. The third-order valence-electron chi connectivity index (χ3n) is 2.81. The first kappa shape index (κ1) is 16.8. The molecule has 0 spiro atoms. The van der Waals surface area contributed by atoms with Crippen molar-refractivity contribution in [3.05, 3.63) is 23.8 Å². The number of nitrogens with one attached hydrogen (secondary N) is 1. The van der Waals surface area contributed by atoms with Crippen LogP contribution in [0.5, 0.6) is 0 Å². The van der Waals surface area contributed by atoms with E-state index >= 15 is 0 Å². The molecule has 0 atom stereocenters. The maximum absolute atomic E-state index is 13.5. The first-order chi connectivity index (χ1) is 9.24. The molecule has 7 heteroatoms. The Hall–Kier alpha value is -1.21. The van der Waals surface area contributed by atoms with Crippen molar-refractivity contribution in [2.75, 3.05) is 12.3 Å². The van der Waals surface area contributed by atoms with E-state index in [1.54, 1.807) is 0 Å². The number of nitrogen functional groups attached to an aromatic ring is 1. The Morgan fingerprint density at radius 1 is 1.25 bits per heavy atom. The van der Waals surface area contributed by atoms with Crippen molar-refractivity contribution in [2.45, 2.75) is 38.0 Å². The topological polar surface area (TPSA) is 72.2 Å². The van der Waals surface area contributed by atoms with Gasteiger partial charge >= 0.3 is 0 Å². The molecule has 0 radical (unpaired) electrons. The van der Waals surface area contributed by atoms with Crippen molar-refractivity contribution in [3.63, 3.8) is 0 Å². The van der Waals surface area contributed by atoms with Crippen LogP contribution in [-0.4, -0.2) is 15.0 Å². The van der Waals surface area contributed by atoms with Crippen molar-refractivity contribution < 1.29 is 17.2 Å². The van der Waals surface area contributed by atoms with Crippen molar-refractivity contribution in [1.29, 1.82) is 0 Å². The summed E-state index contributed by atoms with van der Waals surface area (Å²) in [5.41, 5.74) is 5.20. The largest absolute Gasteiger partial charge is 0.399 e. The van der Waals surface area contributed by atoms with Crippen LogP contribution in [-0.2, 0) is 10.0 Å². The van der Waals surface area contributed by atoms with Crippen molar-refractivity contribution in [3.8, 4) is 0 Å². The van der Waals surface area contributed by atoms with E-state index in [2.05, 4.69) is 18.6 Å². The zero-order valence-corrected chi connectivity index (χ0v) is 12.4. The molecule has 0 aliphatic carbocycles. The molecule has 3 N–H and O–H groups in total. The quantitative estimate of drug-likeness (QED) is 0.601. The summed E-state index contributed by atoms with van der Waals surface area (Å²) in [7, 11) is -4.08. The smallest absolute Gasteiger partial charge is 0.243 e. The normalized spacial score (nSPS) is 12.1. The molecule has 1 aromatic rings. The van der Waals surface area contributed by atoms with Gasteiger partial charge in [-0.1, -0.05) is 26.7 Å². The van der Waals surface area contributed by atoms with Crippen LogP contribution in [0.15, 0.2) is 17.0 Å². The lowest BCUT2D eigenvalue weighted by molar-refractivity contribution is 0.483. The molecule has 0 saturated carbocycles. The van der Waals surface area contributed by atoms with Gasteiger partial charge in [0.15, 0.2) is 11.6 Å². The van der Waals surface area contributed by atoms with E-state index in [0.717, 1.165) is 25.0 Å². The van der Waals surface area contributed by atoms with Crippen molar-refractivity contribution in [1.82, 2.24) is 4.72 Å². The molecule has 1 rings (SSSR count). The lowest BCUT2D eigenvalue weighted by Crippen LogP contribution is -2.26. The number of benzene rings is 1. The molecule has 0 aromatic heterocycles. The Morgan fingerprint density at radius 2 is 1.90 bits per heavy atom. The predicted octanol–water partition coefficient (Wildman–Crippen LogP) is 2.65. The average Bonchev–Trinajstić information content (AvgIpc) is 2.32. The summed E-state index contributed by atoms with van der Waals surface area (Å²) in [5, 5.41) is 0. The average molecular weight is 306 g/mol. The van der Waals surface area contributed by atoms with Gasteiger partial charge in [-0.2, -0.15) is 0 Å². The standard InChI is InChI=1S/C13H20F2N2O2S/c1-9(2)5-3-4-6-17-20(18,19)12-8-10(16)7-11(14)13(12)15/h7-9,17H,3-6,16H2,1-2H3. The van der Waals surface area contributed by atoms with Crippen LogP contribution >= 0.6 is 0 Å². The van der Waals surface area contributed by atoms with Gasteiger partial charge in [0.25, 0.3) is 0 Å². The van der Waals surface area contributed by atoms with Crippen LogP contribution in [0.2, 0.25) is 0 Å². The van der Waals surface area contributed by atoms with E-state index in [0.29, 0.717) is 12.3 Å². The maximum atomic E-state index is 13.5. The van der Waals surface area contributed by atoms with Gasteiger partial charge in [-0.25, -0.2) is 21.9 Å². The Labute approximate surface area is 118 Å². The van der Waals surface area contributed by atoms with Gasteiger partial charge in [-0.05, 0) is 24.5 Å². The molecule has 0 fully saturated rings. The number of halogens is 2. The van der Waals surface area contributed by atoms with Crippen molar-refractivity contribution >= 4 is 15.7 Å². The van der Waals surface area contributed by atoms with Crippen LogP contribution in [0.3, 0.4) is 0 Å². The van der Waals surface area contributed by atoms with Gasteiger partial charge in [0.05, 0.1) is 0 Å². The molecule has 0 aliphatic rings. The predicted molar refractivity (Wildman–Crippen MR) is 74.6 cm³/mol. The third-order valence-corrected chi connectivity index (χ3v) is 4.27. The summed E-state index contributed by atoms with van der Waals surface area (Å²) < 4.78 is 52.7. The van der Waals surface area contributed by atoms with E-state index in [1.807, 2.05) is 0 Å². The molecular weight excluding hydrogens is 286 g/mol. The molecule has 0 saturated heterocycles. The SMILES string of the molecule is CC(C)CCCCNS(=O)(=O)c1cc(N)cc(F)c1F. The number of hydrogen-bond donors (Lipinski definition) is 2. The van der Waals surface area contributed by atoms with Crippen LogP contribution in [0.4, 0.5) is 14.5 Å². The van der Waals surface area contributed by atoms with Crippen LogP contribution in [0, 0.1) is 17.6 Å². The minimum atomic E-state index is -4.08. The highest BCUT2D eigenvalue weighted by molar-refractivity contribution is 7.89. The Kier molecular flexibility index (Phi) is 5.88. The number of nitrogens with two attached hydrogens (primary N) is 1. The van der Waals surface area contributed by atoms with Gasteiger partial charge in [-0.3, -0.25) is 0 Å². The van der Waals surface area contributed by atoms with E-state index in [1.165, 1.54) is 0 Å². The van der Waals surface area contributed by atoms with E-state index in [4.69, 9.17) is 5.73 Å². The highest BCUT2D eigenvalue weighted by Crippen LogP contribution is 2.20. The zero-order chi connectivity index (χ0) is 15.3. The summed E-state index contributed by atoms with van der Waals surface area (Å²) in [6.07, 6.45) is 2.50. The number of sulfonamides is 1. The maximum Gasteiger partial charge on any atom is 0.243 e. The number of hydrogen-bond acceptors (Lipinski definition) is 3. The molecule has 20 heavy (non-hydrogen) atoms. The van der Waals surface area contributed by atoms with E-state index in [-0.39, 0.29) is 12.2 Å². The zero-order valence-electron chi connectivity index (χ0n) is 11.6. The van der Waals surface area contributed by atoms with Crippen LogP contribution in [0.1, 0.15) is 33.1 Å². The Balaban J connectivity index is 2.70. The van der Waals surface area contributed by atoms with Gasteiger partial charge < -0.3 is 5.73 Å². The van der Waals surface area contributed by atoms with Gasteiger partial charge in [0.1, 0.15) is 4.90 Å². The lowest BCUT2D eigenvalue weighted by atomic mass is 10.1. The molecule has 0 bridgehead atoms. The molecule has 0 amide bonds.